The van der Waals surface area contributed by atoms with E-state index in [1.54, 1.807) is 26.1 Å². The normalized spacial score (nSPS) is 19.6. The smallest absolute Gasteiger partial charge is 0.320 e. The summed E-state index contributed by atoms with van der Waals surface area (Å²) in [4.78, 5) is 15.3. The summed E-state index contributed by atoms with van der Waals surface area (Å²) in [6.45, 7) is 4.42. The first-order valence-corrected chi connectivity index (χ1v) is 8.83. The van der Waals surface area contributed by atoms with Crippen molar-refractivity contribution in [2.45, 2.75) is 25.6 Å². The Morgan fingerprint density at radius 3 is 2.93 bits per heavy atom. The van der Waals surface area contributed by atoms with Crippen molar-refractivity contribution >= 4 is 6.03 Å². The molecule has 0 fully saturated rings. The first-order chi connectivity index (χ1) is 13.3. The van der Waals surface area contributed by atoms with Gasteiger partial charge in [-0.1, -0.05) is 17.0 Å². The van der Waals surface area contributed by atoms with Crippen LogP contribution in [0.1, 0.15) is 35.7 Å². The van der Waals surface area contributed by atoms with E-state index >= 15 is 0 Å². The Kier molecular flexibility index (Phi) is 4.24. The fraction of sp³-hybridized carbons (Fsp3) is 0.300. The van der Waals surface area contributed by atoms with Crippen LogP contribution < -0.4 is 10.5 Å². The molecule has 4 rings (SSSR count). The molecule has 2 atom stereocenters. The van der Waals surface area contributed by atoms with Gasteiger partial charge in [-0.3, -0.25) is 4.90 Å². The minimum atomic E-state index is -1.46. The molecular weight excluding hydrogens is 360 g/mol. The van der Waals surface area contributed by atoms with E-state index < -0.39 is 11.6 Å². The van der Waals surface area contributed by atoms with Crippen LogP contribution in [0.15, 0.2) is 41.2 Å². The number of fused-ring (bicyclic) bond motifs is 3. The van der Waals surface area contributed by atoms with Gasteiger partial charge in [0.2, 0.25) is 0 Å². The van der Waals surface area contributed by atoms with Gasteiger partial charge in [0.25, 0.3) is 0 Å². The Balaban J connectivity index is 1.69. The number of aromatic nitrogens is 1. The second-order valence-corrected chi connectivity index (χ2v) is 6.90. The number of ether oxygens (including phenoxy) is 1. The van der Waals surface area contributed by atoms with Crippen molar-refractivity contribution in [1.29, 1.82) is 0 Å². The maximum absolute atomic E-state index is 11.8. The number of primary amides is 1. The first-order valence-electron chi connectivity index (χ1n) is 8.83. The monoisotopic (exact) mass is 380 g/mol. The molecule has 2 aliphatic rings. The highest BCUT2D eigenvalue weighted by Crippen LogP contribution is 2.38. The molecule has 3 heterocycles. The fourth-order valence-corrected chi connectivity index (χ4v) is 3.27. The number of aryl methyl sites for hydroxylation is 1. The van der Waals surface area contributed by atoms with Crippen LogP contribution in [0.4, 0.5) is 4.79 Å². The van der Waals surface area contributed by atoms with Gasteiger partial charge in [-0.25, -0.2) is 4.79 Å². The average Bonchev–Trinajstić information content (AvgIpc) is 3.24. The molecule has 8 nitrogen and oxygen atoms in total. The maximum atomic E-state index is 11.8. The number of amides is 2. The Morgan fingerprint density at radius 2 is 2.21 bits per heavy atom. The van der Waals surface area contributed by atoms with Crippen LogP contribution in [0, 0.1) is 18.8 Å². The number of aliphatic hydroxyl groups is 1. The summed E-state index contributed by atoms with van der Waals surface area (Å²) >= 11 is 0. The number of rotatable bonds is 1. The molecule has 0 saturated heterocycles. The molecule has 144 valence electrons. The van der Waals surface area contributed by atoms with Crippen LogP contribution in [-0.2, 0) is 5.60 Å². The highest BCUT2D eigenvalue weighted by atomic mass is 16.5. The van der Waals surface area contributed by atoms with Crippen molar-refractivity contribution in [2.75, 3.05) is 13.2 Å². The summed E-state index contributed by atoms with van der Waals surface area (Å²) in [6.07, 6.45) is 3.11. The molecule has 2 amide bonds. The van der Waals surface area contributed by atoms with Crippen LogP contribution in [-0.4, -0.2) is 39.2 Å². The van der Waals surface area contributed by atoms with Gasteiger partial charge in [-0.05, 0) is 32.0 Å². The third-order valence-corrected chi connectivity index (χ3v) is 4.72. The second kappa shape index (κ2) is 6.62. The van der Waals surface area contributed by atoms with E-state index in [0.29, 0.717) is 35.9 Å². The number of carbonyl (C=O) groups excluding carboxylic acids is 1. The van der Waals surface area contributed by atoms with Gasteiger partial charge in [0, 0.05) is 29.6 Å². The quantitative estimate of drug-likeness (QED) is 0.731. The number of hydrogen-bond acceptors (Lipinski definition) is 6. The van der Waals surface area contributed by atoms with Crippen LogP contribution >= 0.6 is 0 Å². The number of urea groups is 1. The molecule has 0 radical (unpaired) electrons. The Bertz CT molecular complexity index is 1010. The van der Waals surface area contributed by atoms with Crippen molar-refractivity contribution in [3.05, 3.63) is 59.2 Å². The number of nitrogens with two attached hydrogens (primary N) is 1. The summed E-state index contributed by atoms with van der Waals surface area (Å²) in [6, 6.07) is 6.57. The van der Waals surface area contributed by atoms with Gasteiger partial charge in [0.05, 0.1) is 6.54 Å². The molecule has 2 aliphatic heterocycles. The fourth-order valence-electron chi connectivity index (χ4n) is 3.27. The van der Waals surface area contributed by atoms with E-state index in [0.717, 1.165) is 5.56 Å². The van der Waals surface area contributed by atoms with E-state index in [2.05, 4.69) is 17.0 Å². The number of nitrogens with zero attached hydrogens (tertiary/aromatic N) is 3. The Hall–Kier alpha value is -3.44. The van der Waals surface area contributed by atoms with Crippen LogP contribution in [0.3, 0.4) is 0 Å². The van der Waals surface area contributed by atoms with Crippen molar-refractivity contribution in [1.82, 2.24) is 15.0 Å². The van der Waals surface area contributed by atoms with Crippen molar-refractivity contribution in [2.24, 2.45) is 5.73 Å². The lowest BCUT2D eigenvalue weighted by Crippen LogP contribution is -2.37. The van der Waals surface area contributed by atoms with E-state index in [4.69, 9.17) is 15.0 Å². The molecule has 1 aromatic carbocycles. The van der Waals surface area contributed by atoms with Gasteiger partial charge < -0.3 is 25.0 Å². The van der Waals surface area contributed by atoms with E-state index in [1.807, 2.05) is 29.3 Å². The molecule has 0 spiro atoms. The zero-order chi connectivity index (χ0) is 19.9. The maximum Gasteiger partial charge on any atom is 0.320 e. The van der Waals surface area contributed by atoms with Crippen molar-refractivity contribution in [3.8, 4) is 17.6 Å². The highest BCUT2D eigenvalue weighted by molar-refractivity contribution is 5.74. The minimum absolute atomic E-state index is 0.349. The molecule has 2 aromatic rings. The molecule has 28 heavy (non-hydrogen) atoms. The van der Waals surface area contributed by atoms with E-state index in [1.165, 1.54) is 4.90 Å². The van der Waals surface area contributed by atoms with Gasteiger partial charge in [0.1, 0.15) is 30.0 Å². The zero-order valence-corrected chi connectivity index (χ0v) is 15.5. The summed E-state index contributed by atoms with van der Waals surface area (Å²) in [7, 11) is 0. The second-order valence-electron chi connectivity index (χ2n) is 6.90. The van der Waals surface area contributed by atoms with Crippen molar-refractivity contribution in [3.63, 3.8) is 0 Å². The molecule has 0 aliphatic carbocycles. The summed E-state index contributed by atoms with van der Waals surface area (Å²) in [5.41, 5.74) is 5.87. The van der Waals surface area contributed by atoms with Crippen LogP contribution in [0.5, 0.6) is 5.75 Å². The van der Waals surface area contributed by atoms with E-state index in [9.17, 15) is 9.90 Å². The first kappa shape index (κ1) is 17.9. The lowest BCUT2D eigenvalue weighted by molar-refractivity contribution is 0.112. The van der Waals surface area contributed by atoms with Crippen molar-refractivity contribution < 1.29 is 19.2 Å². The predicted octanol–water partition coefficient (Wildman–Crippen LogP) is 1.80. The SMILES string of the molecule is Cc1cc([C@](C)(O)C#Cc2ccc3c(c2)C2N(C=CN2C(N)=O)CCO3)no1. The lowest BCUT2D eigenvalue weighted by atomic mass is 10.0. The Morgan fingerprint density at radius 1 is 1.39 bits per heavy atom. The molecule has 1 aromatic heterocycles. The molecular formula is C20H20N4O4. The number of carbonyl (C=O) groups is 1. The van der Waals surface area contributed by atoms with E-state index in [-0.39, 0.29) is 6.17 Å². The average molecular weight is 380 g/mol. The van der Waals surface area contributed by atoms with Gasteiger partial charge in [-0.2, -0.15) is 0 Å². The standard InChI is InChI=1S/C20H20N4O4/c1-13-11-17(22-28-13)20(2,26)6-5-14-3-4-16-15(12-14)18-23(9-10-27-16)7-8-24(18)19(21)25/h3-4,7-8,11-12,18,26H,9-10H2,1-2H3,(H2,21,25)/t18?,20-/m1/s1. The molecule has 0 bridgehead atoms. The largest absolute Gasteiger partial charge is 0.491 e. The summed E-state index contributed by atoms with van der Waals surface area (Å²) in [5.74, 6) is 7.08. The predicted molar refractivity (Wildman–Crippen MR) is 99.6 cm³/mol. The van der Waals surface area contributed by atoms with Crippen LogP contribution in [0.2, 0.25) is 0 Å². The van der Waals surface area contributed by atoms with Gasteiger partial charge >= 0.3 is 6.03 Å². The minimum Gasteiger partial charge on any atom is -0.491 e. The third kappa shape index (κ3) is 3.17. The highest BCUT2D eigenvalue weighted by Gasteiger charge is 2.35. The zero-order valence-electron chi connectivity index (χ0n) is 15.5. The van der Waals surface area contributed by atoms with Gasteiger partial charge in [0.15, 0.2) is 5.60 Å². The molecule has 8 heteroatoms. The Labute approximate surface area is 162 Å². The molecule has 1 unspecified atom stereocenters. The number of hydrogen-bond donors (Lipinski definition) is 2. The summed E-state index contributed by atoms with van der Waals surface area (Å²) < 4.78 is 10.8. The van der Waals surface area contributed by atoms with Crippen LogP contribution in [0.25, 0.3) is 0 Å². The summed E-state index contributed by atoms with van der Waals surface area (Å²) in [5, 5.41) is 14.4. The number of benzene rings is 1. The molecule has 3 N–H and O–H groups in total. The lowest BCUT2D eigenvalue weighted by Gasteiger charge is -2.29. The molecule has 0 saturated carbocycles. The topological polar surface area (TPSA) is 105 Å². The van der Waals surface area contributed by atoms with Gasteiger partial charge in [-0.15, -0.1) is 0 Å². The third-order valence-electron chi connectivity index (χ3n) is 4.72.